The van der Waals surface area contributed by atoms with Crippen LogP contribution in [0.1, 0.15) is 23.9 Å². The fourth-order valence-corrected chi connectivity index (χ4v) is 2.71. The summed E-state index contributed by atoms with van der Waals surface area (Å²) in [6.45, 7) is 5.15. The molecule has 1 aromatic heterocycles. The zero-order valence-electron chi connectivity index (χ0n) is 16.2. The van der Waals surface area contributed by atoms with Crippen molar-refractivity contribution in [3.63, 3.8) is 0 Å². The van der Waals surface area contributed by atoms with Gasteiger partial charge >= 0.3 is 0 Å². The lowest BCUT2D eigenvalue weighted by Gasteiger charge is -2.13. The van der Waals surface area contributed by atoms with E-state index < -0.39 is 17.8 Å². The van der Waals surface area contributed by atoms with Gasteiger partial charge in [0.15, 0.2) is 17.7 Å². The molecule has 3 rings (SSSR count). The molecule has 1 N–H and O–H groups in total. The number of aryl methyl sites for hydroxylation is 1. The van der Waals surface area contributed by atoms with Gasteiger partial charge in [0.2, 0.25) is 0 Å². The van der Waals surface area contributed by atoms with E-state index in [4.69, 9.17) is 4.74 Å². The highest BCUT2D eigenvalue weighted by Gasteiger charge is 2.16. The summed E-state index contributed by atoms with van der Waals surface area (Å²) in [5.41, 5.74) is 5.28. The van der Waals surface area contributed by atoms with E-state index in [1.54, 1.807) is 29.8 Å². The molecule has 0 aliphatic rings. The molecule has 0 saturated heterocycles. The lowest BCUT2D eigenvalue weighted by atomic mass is 10.2. The van der Waals surface area contributed by atoms with Crippen molar-refractivity contribution in [2.75, 3.05) is 0 Å². The van der Waals surface area contributed by atoms with E-state index in [-0.39, 0.29) is 11.6 Å². The zero-order valence-corrected chi connectivity index (χ0v) is 16.2. The third kappa shape index (κ3) is 4.66. The molecule has 2 aromatic carbocycles. The lowest BCUT2D eigenvalue weighted by molar-refractivity contribution is -0.127. The molecule has 150 valence electrons. The molecule has 8 heteroatoms. The van der Waals surface area contributed by atoms with Crippen molar-refractivity contribution in [3.8, 4) is 11.4 Å². The fraction of sp³-hybridized carbons (Fsp3) is 0.190. The Bertz CT molecular complexity index is 1050. The summed E-state index contributed by atoms with van der Waals surface area (Å²) in [6, 6.07) is 11.8. The molecule has 1 amide bonds. The number of carbonyl (C=O) groups is 1. The van der Waals surface area contributed by atoms with Crippen molar-refractivity contribution in [2.24, 2.45) is 5.10 Å². The van der Waals surface area contributed by atoms with Gasteiger partial charge in [-0.05, 0) is 57.2 Å². The molecule has 0 aliphatic heterocycles. The maximum Gasteiger partial charge on any atom is 0.280 e. The number of ether oxygens (including phenoxy) is 1. The molecule has 29 heavy (non-hydrogen) atoms. The van der Waals surface area contributed by atoms with Crippen LogP contribution >= 0.6 is 0 Å². The van der Waals surface area contributed by atoms with Gasteiger partial charge in [-0.25, -0.2) is 18.9 Å². The third-order valence-electron chi connectivity index (χ3n) is 4.30. The third-order valence-corrected chi connectivity index (χ3v) is 4.30. The Balaban J connectivity index is 1.68. The predicted octanol–water partition coefficient (Wildman–Crippen LogP) is 3.68. The van der Waals surface area contributed by atoms with E-state index in [1.807, 2.05) is 6.92 Å². The molecule has 0 bridgehead atoms. The van der Waals surface area contributed by atoms with Gasteiger partial charge in [0.1, 0.15) is 5.82 Å². The van der Waals surface area contributed by atoms with Crippen LogP contribution in [0.2, 0.25) is 0 Å². The number of nitrogens with zero attached hydrogens (tertiary/aromatic N) is 3. The van der Waals surface area contributed by atoms with Crippen molar-refractivity contribution in [1.29, 1.82) is 0 Å². The number of hydrazone groups is 1. The fourth-order valence-electron chi connectivity index (χ4n) is 2.71. The normalized spacial score (nSPS) is 12.2. The van der Waals surface area contributed by atoms with Crippen LogP contribution in [0, 0.1) is 25.5 Å². The van der Waals surface area contributed by atoms with Crippen molar-refractivity contribution in [2.45, 2.75) is 26.9 Å². The zero-order chi connectivity index (χ0) is 21.0. The van der Waals surface area contributed by atoms with Crippen molar-refractivity contribution in [3.05, 3.63) is 77.1 Å². The summed E-state index contributed by atoms with van der Waals surface area (Å²) >= 11 is 0. The molecule has 0 aliphatic carbocycles. The van der Waals surface area contributed by atoms with Crippen LogP contribution in [0.25, 0.3) is 5.69 Å². The summed E-state index contributed by atoms with van der Waals surface area (Å²) in [6.07, 6.45) is 0.541. The minimum absolute atomic E-state index is 0.00797. The van der Waals surface area contributed by atoms with Gasteiger partial charge in [0.25, 0.3) is 5.91 Å². The summed E-state index contributed by atoms with van der Waals surface area (Å²) in [7, 11) is 0. The van der Waals surface area contributed by atoms with E-state index in [0.717, 1.165) is 11.3 Å². The molecule has 0 saturated carbocycles. The molecule has 3 aromatic rings. The summed E-state index contributed by atoms with van der Waals surface area (Å²) in [4.78, 5) is 12.1. The average Bonchev–Trinajstić information content (AvgIpc) is 2.98. The number of nitrogens with one attached hydrogen (secondary N) is 1. The number of amides is 1. The first-order valence-electron chi connectivity index (χ1n) is 8.93. The number of hydrogen-bond acceptors (Lipinski definition) is 4. The lowest BCUT2D eigenvalue weighted by Crippen LogP contribution is -2.33. The Hall–Kier alpha value is -3.55. The van der Waals surface area contributed by atoms with Crippen LogP contribution in [0.4, 0.5) is 8.78 Å². The van der Waals surface area contributed by atoms with E-state index in [0.29, 0.717) is 11.4 Å². The van der Waals surface area contributed by atoms with Gasteiger partial charge in [0.05, 0.1) is 23.3 Å². The van der Waals surface area contributed by atoms with Gasteiger partial charge < -0.3 is 4.74 Å². The van der Waals surface area contributed by atoms with Crippen LogP contribution in [0.5, 0.6) is 5.75 Å². The van der Waals surface area contributed by atoms with Crippen LogP contribution in [0.3, 0.4) is 0 Å². The second-order valence-electron chi connectivity index (χ2n) is 6.40. The van der Waals surface area contributed by atoms with Crippen molar-refractivity contribution in [1.82, 2.24) is 15.2 Å². The van der Waals surface area contributed by atoms with Gasteiger partial charge in [-0.1, -0.05) is 12.1 Å². The topological polar surface area (TPSA) is 68.5 Å². The highest BCUT2D eigenvalue weighted by Crippen LogP contribution is 2.18. The Morgan fingerprint density at radius 1 is 1.17 bits per heavy atom. The van der Waals surface area contributed by atoms with E-state index in [1.165, 1.54) is 43.5 Å². The number of rotatable bonds is 6. The van der Waals surface area contributed by atoms with E-state index in [2.05, 4.69) is 15.6 Å². The second-order valence-corrected chi connectivity index (χ2v) is 6.40. The van der Waals surface area contributed by atoms with Gasteiger partial charge in [-0.2, -0.15) is 10.2 Å². The van der Waals surface area contributed by atoms with E-state index >= 15 is 0 Å². The monoisotopic (exact) mass is 398 g/mol. The molecule has 6 nitrogen and oxygen atoms in total. The summed E-state index contributed by atoms with van der Waals surface area (Å²) in [5, 5.41) is 8.39. The van der Waals surface area contributed by atoms with Crippen LogP contribution in [-0.4, -0.2) is 28.0 Å². The van der Waals surface area contributed by atoms with Crippen LogP contribution in [0.15, 0.2) is 53.6 Å². The van der Waals surface area contributed by atoms with E-state index in [9.17, 15) is 13.6 Å². The number of aromatic nitrogens is 2. The Morgan fingerprint density at radius 3 is 2.55 bits per heavy atom. The van der Waals surface area contributed by atoms with Gasteiger partial charge in [-0.3, -0.25) is 4.79 Å². The summed E-state index contributed by atoms with van der Waals surface area (Å²) in [5.74, 6) is -1.40. The smallest absolute Gasteiger partial charge is 0.280 e. The first-order valence-corrected chi connectivity index (χ1v) is 8.93. The summed E-state index contributed by atoms with van der Waals surface area (Å²) < 4.78 is 33.7. The maximum absolute atomic E-state index is 13.6. The Morgan fingerprint density at radius 2 is 1.86 bits per heavy atom. The number of benzene rings is 2. The predicted molar refractivity (Wildman–Crippen MR) is 105 cm³/mol. The molecular weight excluding hydrogens is 378 g/mol. The first-order chi connectivity index (χ1) is 13.9. The quantitative estimate of drug-likeness (QED) is 0.509. The Labute approximate surface area is 166 Å². The van der Waals surface area contributed by atoms with Crippen LogP contribution < -0.4 is 10.2 Å². The molecule has 0 fully saturated rings. The number of halogens is 2. The molecule has 1 heterocycles. The minimum Gasteiger partial charge on any atom is -0.478 e. The highest BCUT2D eigenvalue weighted by molar-refractivity contribution is 5.86. The standard InChI is InChI=1S/C21H20F2N4O2/c1-13-18(14(2)27(26-13)17-10-8-16(22)9-11-17)12-24-25-21(28)15(3)29-20-7-5-4-6-19(20)23/h4-12,15H,1-3H3,(H,25,28)/b24-12-/t15-/m1/s1. The SMILES string of the molecule is Cc1nn(-c2ccc(F)cc2)c(C)c1/C=N\NC(=O)[C@@H](C)Oc1ccccc1F. The average molecular weight is 398 g/mol. The number of carbonyl (C=O) groups excluding carboxylic acids is 1. The molecular formula is C21H20F2N4O2. The second kappa shape index (κ2) is 8.64. The molecule has 0 radical (unpaired) electrons. The van der Waals surface area contributed by atoms with Crippen molar-refractivity contribution >= 4 is 12.1 Å². The number of para-hydroxylation sites is 1. The minimum atomic E-state index is -0.937. The number of hydrogen-bond donors (Lipinski definition) is 1. The largest absolute Gasteiger partial charge is 0.478 e. The maximum atomic E-state index is 13.6. The van der Waals surface area contributed by atoms with Crippen molar-refractivity contribution < 1.29 is 18.3 Å². The Kier molecular flexibility index (Phi) is 6.01. The molecule has 0 unspecified atom stereocenters. The van der Waals surface area contributed by atoms with Gasteiger partial charge in [-0.15, -0.1) is 0 Å². The van der Waals surface area contributed by atoms with Crippen LogP contribution in [-0.2, 0) is 4.79 Å². The first kappa shape index (κ1) is 20.2. The molecule has 0 spiro atoms. The van der Waals surface area contributed by atoms with Gasteiger partial charge in [0, 0.05) is 5.56 Å². The molecule has 1 atom stereocenters. The highest BCUT2D eigenvalue weighted by atomic mass is 19.1.